The summed E-state index contributed by atoms with van der Waals surface area (Å²) in [6, 6.07) is 4.00. The number of fused-ring (bicyclic) bond motifs is 1. The second-order valence-electron chi connectivity index (χ2n) is 8.29. The highest BCUT2D eigenvalue weighted by molar-refractivity contribution is 5.73. The minimum atomic E-state index is -0.0886. The van der Waals surface area contributed by atoms with E-state index in [1.54, 1.807) is 11.8 Å². The maximum absolute atomic E-state index is 12.7. The summed E-state index contributed by atoms with van der Waals surface area (Å²) < 4.78 is 0. The first kappa shape index (κ1) is 19.6. The second-order valence-corrected chi connectivity index (χ2v) is 8.29. The molecule has 1 unspecified atom stereocenters. The minimum absolute atomic E-state index is 0.000855. The molecule has 4 rings (SSSR count). The van der Waals surface area contributed by atoms with Gasteiger partial charge in [-0.25, -0.2) is 4.98 Å². The summed E-state index contributed by atoms with van der Waals surface area (Å²) in [6.07, 6.45) is 2.46. The number of nitrogens with zero attached hydrogens (tertiary/aromatic N) is 3. The summed E-state index contributed by atoms with van der Waals surface area (Å²) in [7, 11) is 0. The van der Waals surface area contributed by atoms with E-state index in [2.05, 4.69) is 9.88 Å². The number of aromatic nitrogens is 2. The van der Waals surface area contributed by atoms with Crippen molar-refractivity contribution < 1.29 is 9.90 Å². The first-order chi connectivity index (χ1) is 13.8. The molecular weight excluding hydrogens is 368 g/mol. The SMILES string of the molecule is CC(=O)N1CCc2c(nc(C3CCCN3Cc3cc(C)cc(C)c3O)[nH]c2=O)C1. The number of aromatic hydroxyl groups is 1. The van der Waals surface area contributed by atoms with Crippen molar-refractivity contribution in [3.63, 3.8) is 0 Å². The lowest BCUT2D eigenvalue weighted by Crippen LogP contribution is -2.39. The van der Waals surface area contributed by atoms with Crippen molar-refractivity contribution in [2.75, 3.05) is 13.1 Å². The zero-order valence-electron chi connectivity index (χ0n) is 17.3. The number of likely N-dealkylation sites (tertiary alicyclic amines) is 1. The van der Waals surface area contributed by atoms with Crippen LogP contribution in [0.3, 0.4) is 0 Å². The van der Waals surface area contributed by atoms with Crippen LogP contribution >= 0.6 is 0 Å². The number of nitrogens with one attached hydrogen (secondary N) is 1. The first-order valence-electron chi connectivity index (χ1n) is 10.2. The number of carbonyl (C=O) groups excluding carboxylic acids is 1. The predicted octanol–water partition coefficient (Wildman–Crippen LogP) is 2.33. The third-order valence-corrected chi connectivity index (χ3v) is 6.11. The molecule has 1 atom stereocenters. The highest BCUT2D eigenvalue weighted by atomic mass is 16.3. The smallest absolute Gasteiger partial charge is 0.254 e. The molecule has 0 radical (unpaired) electrons. The van der Waals surface area contributed by atoms with Crippen LogP contribution in [0.4, 0.5) is 0 Å². The number of hydrogen-bond acceptors (Lipinski definition) is 5. The molecule has 0 saturated carbocycles. The Labute approximate surface area is 170 Å². The number of H-pyrrole nitrogens is 1. The number of phenols is 1. The van der Waals surface area contributed by atoms with Crippen LogP contribution in [0, 0.1) is 13.8 Å². The molecule has 154 valence electrons. The summed E-state index contributed by atoms with van der Waals surface area (Å²) in [6.45, 7) is 7.95. The zero-order chi connectivity index (χ0) is 20.7. The maximum Gasteiger partial charge on any atom is 0.254 e. The van der Waals surface area contributed by atoms with Crippen molar-refractivity contribution in [2.24, 2.45) is 0 Å². The lowest BCUT2D eigenvalue weighted by atomic mass is 10.0. The average Bonchev–Trinajstić information content (AvgIpc) is 3.13. The number of carbonyl (C=O) groups is 1. The van der Waals surface area contributed by atoms with E-state index >= 15 is 0 Å². The summed E-state index contributed by atoms with van der Waals surface area (Å²) in [5.74, 6) is 1.01. The van der Waals surface area contributed by atoms with Gasteiger partial charge in [0.15, 0.2) is 0 Å². The van der Waals surface area contributed by atoms with Crippen LogP contribution in [0.1, 0.15) is 59.6 Å². The molecule has 2 N–H and O–H groups in total. The van der Waals surface area contributed by atoms with Gasteiger partial charge in [0.25, 0.3) is 5.56 Å². The largest absolute Gasteiger partial charge is 0.507 e. The molecule has 29 heavy (non-hydrogen) atoms. The third kappa shape index (κ3) is 3.79. The van der Waals surface area contributed by atoms with E-state index in [-0.39, 0.29) is 17.5 Å². The monoisotopic (exact) mass is 396 g/mol. The van der Waals surface area contributed by atoms with Gasteiger partial charge in [0.2, 0.25) is 5.91 Å². The zero-order valence-corrected chi connectivity index (χ0v) is 17.3. The number of benzene rings is 1. The maximum atomic E-state index is 12.7. The van der Waals surface area contributed by atoms with Gasteiger partial charge in [0.1, 0.15) is 11.6 Å². The van der Waals surface area contributed by atoms with Crippen LogP contribution in [-0.2, 0) is 24.3 Å². The molecule has 3 heterocycles. The Balaban J connectivity index is 1.63. The summed E-state index contributed by atoms with van der Waals surface area (Å²) in [4.78, 5) is 36.2. The van der Waals surface area contributed by atoms with Gasteiger partial charge in [0, 0.05) is 31.1 Å². The van der Waals surface area contributed by atoms with Crippen LogP contribution in [0.5, 0.6) is 5.75 Å². The Morgan fingerprint density at radius 2 is 2.10 bits per heavy atom. The van der Waals surface area contributed by atoms with Crippen LogP contribution < -0.4 is 5.56 Å². The van der Waals surface area contributed by atoms with E-state index in [9.17, 15) is 14.7 Å². The Kier molecular flexibility index (Phi) is 5.17. The van der Waals surface area contributed by atoms with Crippen LogP contribution in [-0.4, -0.2) is 43.9 Å². The quantitative estimate of drug-likeness (QED) is 0.831. The topological polar surface area (TPSA) is 89.5 Å². The van der Waals surface area contributed by atoms with Crippen molar-refractivity contribution in [3.05, 3.63) is 56.3 Å². The molecule has 7 nitrogen and oxygen atoms in total. The Morgan fingerprint density at radius 3 is 2.86 bits per heavy atom. The molecule has 0 aliphatic carbocycles. The van der Waals surface area contributed by atoms with E-state index in [1.165, 1.54) is 0 Å². The van der Waals surface area contributed by atoms with Gasteiger partial charge >= 0.3 is 0 Å². The molecule has 2 aliphatic rings. The van der Waals surface area contributed by atoms with Crippen molar-refractivity contribution in [3.8, 4) is 5.75 Å². The van der Waals surface area contributed by atoms with Gasteiger partial charge in [0.05, 0.1) is 18.3 Å². The standard InChI is InChI=1S/C22H28N4O3/c1-13-9-14(2)20(28)16(10-13)11-26-7-4-5-19(26)21-23-18-12-25(15(3)27)8-6-17(18)22(29)24-21/h9-10,19,28H,4-8,11-12H2,1-3H3,(H,23,24,29). The summed E-state index contributed by atoms with van der Waals surface area (Å²) in [5, 5.41) is 10.5. The predicted molar refractivity (Wildman–Crippen MR) is 110 cm³/mol. The first-order valence-corrected chi connectivity index (χ1v) is 10.2. The molecule has 0 spiro atoms. The molecule has 1 fully saturated rings. The van der Waals surface area contributed by atoms with Crippen molar-refractivity contribution >= 4 is 5.91 Å². The molecule has 1 saturated heterocycles. The normalized spacial score (nSPS) is 19.4. The van der Waals surface area contributed by atoms with Crippen LogP contribution in [0.25, 0.3) is 0 Å². The van der Waals surface area contributed by atoms with Gasteiger partial charge in [-0.2, -0.15) is 0 Å². The van der Waals surface area contributed by atoms with Gasteiger partial charge < -0.3 is 15.0 Å². The fraction of sp³-hybridized carbons (Fsp3) is 0.500. The van der Waals surface area contributed by atoms with Gasteiger partial charge in [-0.1, -0.05) is 17.7 Å². The number of amides is 1. The molecule has 7 heteroatoms. The van der Waals surface area contributed by atoms with E-state index < -0.39 is 0 Å². The number of phenolic OH excluding ortho intramolecular Hbond substituents is 1. The Hall–Kier alpha value is -2.67. The van der Waals surface area contributed by atoms with Crippen molar-refractivity contribution in [1.82, 2.24) is 19.8 Å². The van der Waals surface area contributed by atoms with Crippen LogP contribution in [0.15, 0.2) is 16.9 Å². The molecule has 1 aromatic heterocycles. The van der Waals surface area contributed by atoms with Gasteiger partial charge in [-0.05, 0) is 45.2 Å². The fourth-order valence-corrected chi connectivity index (χ4v) is 4.60. The third-order valence-electron chi connectivity index (χ3n) is 6.11. The second kappa shape index (κ2) is 7.63. The van der Waals surface area contributed by atoms with Gasteiger partial charge in [-0.15, -0.1) is 0 Å². The lowest BCUT2D eigenvalue weighted by Gasteiger charge is -2.29. The molecule has 1 aromatic carbocycles. The van der Waals surface area contributed by atoms with Crippen molar-refractivity contribution in [2.45, 2.75) is 59.2 Å². The Bertz CT molecular complexity index is 1010. The van der Waals surface area contributed by atoms with Crippen LogP contribution in [0.2, 0.25) is 0 Å². The van der Waals surface area contributed by atoms with E-state index in [0.29, 0.717) is 48.9 Å². The highest BCUT2D eigenvalue weighted by Crippen LogP contribution is 2.34. The van der Waals surface area contributed by atoms with E-state index in [1.807, 2.05) is 26.0 Å². The lowest BCUT2D eigenvalue weighted by molar-refractivity contribution is -0.129. The van der Waals surface area contributed by atoms with Crippen molar-refractivity contribution in [1.29, 1.82) is 0 Å². The highest BCUT2D eigenvalue weighted by Gasteiger charge is 2.31. The van der Waals surface area contributed by atoms with E-state index in [4.69, 9.17) is 4.98 Å². The summed E-state index contributed by atoms with van der Waals surface area (Å²) >= 11 is 0. The molecule has 1 amide bonds. The molecule has 2 aromatic rings. The number of hydrogen-bond donors (Lipinski definition) is 2. The number of rotatable bonds is 3. The molecule has 2 aliphatic heterocycles. The number of aromatic amines is 1. The molecular formula is C22H28N4O3. The summed E-state index contributed by atoms with van der Waals surface area (Å²) in [5.41, 5.74) is 4.22. The number of aryl methyl sites for hydroxylation is 2. The Morgan fingerprint density at radius 1 is 1.31 bits per heavy atom. The minimum Gasteiger partial charge on any atom is -0.507 e. The fourth-order valence-electron chi connectivity index (χ4n) is 4.60. The van der Waals surface area contributed by atoms with E-state index in [0.717, 1.165) is 36.1 Å². The average molecular weight is 396 g/mol. The van der Waals surface area contributed by atoms with Gasteiger partial charge in [-0.3, -0.25) is 14.5 Å². The molecule has 0 bridgehead atoms.